The summed E-state index contributed by atoms with van der Waals surface area (Å²) < 4.78 is 10.5. The van der Waals surface area contributed by atoms with Crippen LogP contribution in [0.2, 0.25) is 0 Å². The zero-order valence-electron chi connectivity index (χ0n) is 8.52. The maximum Gasteiger partial charge on any atom is 0.334 e. The fraction of sp³-hybridized carbons (Fsp3) is 0.417. The lowest BCUT2D eigenvalue weighted by Gasteiger charge is -2.19. The molecule has 3 heteroatoms. The van der Waals surface area contributed by atoms with Crippen molar-refractivity contribution in [1.29, 1.82) is 0 Å². The highest BCUT2D eigenvalue weighted by atomic mass is 16.6. The highest BCUT2D eigenvalue weighted by Gasteiger charge is 2.16. The summed E-state index contributed by atoms with van der Waals surface area (Å²) in [7, 11) is 0. The number of hydrogen-bond donors (Lipinski definition) is 0. The summed E-state index contributed by atoms with van der Waals surface area (Å²) >= 11 is 0. The van der Waals surface area contributed by atoms with Gasteiger partial charge in [-0.15, -0.1) is 0 Å². The maximum atomic E-state index is 11.5. The minimum Gasteiger partial charge on any atom is -0.495 e. The van der Waals surface area contributed by atoms with E-state index in [0.29, 0.717) is 13.0 Å². The van der Waals surface area contributed by atoms with Gasteiger partial charge in [-0.05, 0) is 25.3 Å². The summed E-state index contributed by atoms with van der Waals surface area (Å²) in [5.41, 5.74) is 0.723. The number of carbonyl (C=O) groups is 1. The second kappa shape index (κ2) is 4.82. The average molecular weight is 206 g/mol. The first-order valence-electron chi connectivity index (χ1n) is 5.19. The molecule has 15 heavy (non-hydrogen) atoms. The molecule has 0 bridgehead atoms. The van der Waals surface area contributed by atoms with Crippen LogP contribution in [0.25, 0.3) is 0 Å². The Morgan fingerprint density at radius 3 is 3.13 bits per heavy atom. The molecule has 0 fully saturated rings. The van der Waals surface area contributed by atoms with Crippen LogP contribution >= 0.6 is 0 Å². The third kappa shape index (κ3) is 2.72. The molecule has 0 saturated carbocycles. The summed E-state index contributed by atoms with van der Waals surface area (Å²) in [5, 5.41) is 0. The summed E-state index contributed by atoms with van der Waals surface area (Å²) in [5.74, 6) is -0.224. The van der Waals surface area contributed by atoms with Crippen molar-refractivity contribution < 1.29 is 14.3 Å². The molecule has 0 aromatic heterocycles. The van der Waals surface area contributed by atoms with Crippen LogP contribution in [-0.2, 0) is 14.3 Å². The number of carbonyl (C=O) groups excluding carboxylic acids is 1. The van der Waals surface area contributed by atoms with Crippen LogP contribution in [0.3, 0.4) is 0 Å². The van der Waals surface area contributed by atoms with Crippen molar-refractivity contribution in [2.45, 2.75) is 25.4 Å². The van der Waals surface area contributed by atoms with Crippen LogP contribution in [0.5, 0.6) is 0 Å². The molecular formula is C12H14O3. The molecule has 0 saturated heterocycles. The minimum atomic E-state index is -0.224. The van der Waals surface area contributed by atoms with Gasteiger partial charge in [0.1, 0.15) is 12.7 Å². The predicted octanol–water partition coefficient (Wildman–Crippen LogP) is 2.11. The molecule has 1 aliphatic carbocycles. The van der Waals surface area contributed by atoms with Crippen molar-refractivity contribution in [3.05, 3.63) is 36.1 Å². The van der Waals surface area contributed by atoms with E-state index in [1.54, 1.807) is 12.3 Å². The van der Waals surface area contributed by atoms with Gasteiger partial charge in [0.25, 0.3) is 0 Å². The second-order valence-electron chi connectivity index (χ2n) is 3.63. The van der Waals surface area contributed by atoms with Crippen molar-refractivity contribution >= 4 is 5.97 Å². The van der Waals surface area contributed by atoms with E-state index < -0.39 is 0 Å². The molecule has 0 amide bonds. The quantitative estimate of drug-likeness (QED) is 0.663. The Hall–Kier alpha value is -1.51. The van der Waals surface area contributed by atoms with Crippen LogP contribution in [-0.4, -0.2) is 18.7 Å². The molecule has 1 unspecified atom stereocenters. The van der Waals surface area contributed by atoms with E-state index in [4.69, 9.17) is 9.47 Å². The van der Waals surface area contributed by atoms with E-state index >= 15 is 0 Å². The van der Waals surface area contributed by atoms with Crippen LogP contribution in [0.4, 0.5) is 0 Å². The van der Waals surface area contributed by atoms with Gasteiger partial charge >= 0.3 is 5.97 Å². The van der Waals surface area contributed by atoms with E-state index in [1.807, 2.05) is 18.2 Å². The Morgan fingerprint density at radius 2 is 2.47 bits per heavy atom. The van der Waals surface area contributed by atoms with E-state index in [0.717, 1.165) is 18.4 Å². The smallest absolute Gasteiger partial charge is 0.334 e. The molecule has 1 atom stereocenters. The van der Waals surface area contributed by atoms with Crippen molar-refractivity contribution in [2.24, 2.45) is 0 Å². The fourth-order valence-electron chi connectivity index (χ4n) is 1.57. The molecule has 2 rings (SSSR count). The third-order valence-electron chi connectivity index (χ3n) is 2.46. The molecule has 80 valence electrons. The number of esters is 1. The van der Waals surface area contributed by atoms with E-state index in [2.05, 4.69) is 0 Å². The number of ether oxygens (including phenoxy) is 2. The van der Waals surface area contributed by atoms with Gasteiger partial charge in [-0.25, -0.2) is 4.79 Å². The van der Waals surface area contributed by atoms with Crippen LogP contribution in [0, 0.1) is 0 Å². The first kappa shape index (κ1) is 10.0. The molecule has 0 aromatic carbocycles. The SMILES string of the molecule is O=C(OCC1CCC=CO1)C1=CC=CC1. The van der Waals surface area contributed by atoms with Gasteiger partial charge in [0.2, 0.25) is 0 Å². The van der Waals surface area contributed by atoms with Gasteiger partial charge in [0.15, 0.2) is 0 Å². The largest absolute Gasteiger partial charge is 0.495 e. The van der Waals surface area contributed by atoms with E-state index in [1.165, 1.54) is 0 Å². The molecule has 2 aliphatic rings. The number of rotatable bonds is 3. The first-order chi connectivity index (χ1) is 7.36. The first-order valence-corrected chi connectivity index (χ1v) is 5.19. The number of hydrogen-bond acceptors (Lipinski definition) is 3. The van der Waals surface area contributed by atoms with Gasteiger partial charge in [0, 0.05) is 5.57 Å². The van der Waals surface area contributed by atoms with Crippen molar-refractivity contribution in [3.63, 3.8) is 0 Å². The van der Waals surface area contributed by atoms with E-state index in [9.17, 15) is 4.79 Å². The van der Waals surface area contributed by atoms with Crippen LogP contribution in [0.15, 0.2) is 36.1 Å². The predicted molar refractivity (Wildman–Crippen MR) is 56.0 cm³/mol. The minimum absolute atomic E-state index is 0.0221. The highest BCUT2D eigenvalue weighted by molar-refractivity contribution is 5.89. The molecule has 0 radical (unpaired) electrons. The third-order valence-corrected chi connectivity index (χ3v) is 2.46. The summed E-state index contributed by atoms with van der Waals surface area (Å²) in [6.45, 7) is 0.348. The summed E-state index contributed by atoms with van der Waals surface area (Å²) in [6, 6.07) is 0. The zero-order valence-corrected chi connectivity index (χ0v) is 8.52. The molecular weight excluding hydrogens is 192 g/mol. The molecule has 1 heterocycles. The zero-order chi connectivity index (χ0) is 10.5. The van der Waals surface area contributed by atoms with Gasteiger partial charge in [-0.1, -0.05) is 18.2 Å². The maximum absolute atomic E-state index is 11.5. The molecule has 1 aliphatic heterocycles. The van der Waals surface area contributed by atoms with Crippen molar-refractivity contribution in [3.8, 4) is 0 Å². The Bertz CT molecular complexity index is 326. The Labute approximate surface area is 89.1 Å². The van der Waals surface area contributed by atoms with Crippen molar-refractivity contribution in [2.75, 3.05) is 6.61 Å². The average Bonchev–Trinajstić information content (AvgIpc) is 2.81. The highest BCUT2D eigenvalue weighted by Crippen LogP contribution is 2.14. The lowest BCUT2D eigenvalue weighted by Crippen LogP contribution is -2.22. The fourth-order valence-corrected chi connectivity index (χ4v) is 1.57. The number of allylic oxidation sites excluding steroid dienone is 4. The Balaban J connectivity index is 1.73. The normalized spacial score (nSPS) is 23.5. The second-order valence-corrected chi connectivity index (χ2v) is 3.63. The van der Waals surface area contributed by atoms with Crippen molar-refractivity contribution in [1.82, 2.24) is 0 Å². The van der Waals surface area contributed by atoms with Crippen LogP contribution < -0.4 is 0 Å². The van der Waals surface area contributed by atoms with E-state index in [-0.39, 0.29) is 12.1 Å². The topological polar surface area (TPSA) is 35.5 Å². The van der Waals surface area contributed by atoms with Gasteiger partial charge in [0.05, 0.1) is 6.26 Å². The molecule has 0 aromatic rings. The molecule has 3 nitrogen and oxygen atoms in total. The molecule has 0 N–H and O–H groups in total. The standard InChI is InChI=1S/C12H14O3/c13-12(10-5-1-2-6-10)15-9-11-7-3-4-8-14-11/h1-2,4-5,8,11H,3,6-7,9H2. The van der Waals surface area contributed by atoms with Gasteiger partial charge in [-0.2, -0.15) is 0 Å². The summed E-state index contributed by atoms with van der Waals surface area (Å²) in [4.78, 5) is 11.5. The lowest BCUT2D eigenvalue weighted by molar-refractivity contribution is -0.142. The van der Waals surface area contributed by atoms with Gasteiger partial charge in [-0.3, -0.25) is 0 Å². The lowest BCUT2D eigenvalue weighted by atomic mass is 10.2. The van der Waals surface area contributed by atoms with Gasteiger partial charge < -0.3 is 9.47 Å². The summed E-state index contributed by atoms with van der Waals surface area (Å²) in [6.07, 6.45) is 11.9. The van der Waals surface area contributed by atoms with Crippen LogP contribution in [0.1, 0.15) is 19.3 Å². The monoisotopic (exact) mass is 206 g/mol. The Kier molecular flexibility index (Phi) is 3.22. The Morgan fingerprint density at radius 1 is 1.53 bits per heavy atom. The molecule has 0 spiro atoms.